The lowest BCUT2D eigenvalue weighted by Crippen LogP contribution is -2.28. The average Bonchev–Trinajstić information content (AvgIpc) is 3.24. The topological polar surface area (TPSA) is 59.8 Å². The van der Waals surface area contributed by atoms with Gasteiger partial charge in [-0.05, 0) is 55.0 Å². The van der Waals surface area contributed by atoms with Gasteiger partial charge in [0, 0.05) is 21.4 Å². The second kappa shape index (κ2) is 10.6. The van der Waals surface area contributed by atoms with Crippen LogP contribution in [0.1, 0.15) is 34.7 Å². The first kappa shape index (κ1) is 23.6. The van der Waals surface area contributed by atoms with Crippen molar-refractivity contribution >= 4 is 52.5 Å². The van der Waals surface area contributed by atoms with Crippen LogP contribution in [0.2, 0.25) is 15.1 Å². The normalized spacial score (nSPS) is 11.9. The molecule has 5 nitrogen and oxygen atoms in total. The number of nitrogens with zero attached hydrogens (tertiary/aromatic N) is 3. The maximum Gasteiger partial charge on any atom is 0.251 e. The van der Waals surface area contributed by atoms with E-state index < -0.39 is 6.04 Å². The van der Waals surface area contributed by atoms with Gasteiger partial charge in [-0.3, -0.25) is 9.36 Å². The summed E-state index contributed by atoms with van der Waals surface area (Å²) in [7, 11) is 0. The van der Waals surface area contributed by atoms with Crippen LogP contribution in [0.3, 0.4) is 0 Å². The van der Waals surface area contributed by atoms with Crippen LogP contribution in [0, 0.1) is 0 Å². The van der Waals surface area contributed by atoms with E-state index >= 15 is 0 Å². The molecule has 1 heterocycles. The number of benzene rings is 3. The van der Waals surface area contributed by atoms with Crippen LogP contribution in [0.5, 0.6) is 0 Å². The Labute approximate surface area is 211 Å². The molecule has 1 N–H and O–H groups in total. The second-order valence-electron chi connectivity index (χ2n) is 7.25. The first-order chi connectivity index (χ1) is 15.9. The van der Waals surface area contributed by atoms with Gasteiger partial charge in [0.1, 0.15) is 0 Å². The number of thioether (sulfide) groups is 1. The van der Waals surface area contributed by atoms with E-state index in [0.29, 0.717) is 43.1 Å². The zero-order valence-electron chi connectivity index (χ0n) is 17.5. The number of amides is 1. The SMILES string of the molecule is CC(NC(=O)c1ccc(Cl)cc1)c1nnc(SCc2ccccc2)n1-c1cc(Cl)ccc1Cl. The van der Waals surface area contributed by atoms with E-state index in [1.165, 1.54) is 11.8 Å². The van der Waals surface area contributed by atoms with E-state index in [-0.39, 0.29) is 5.91 Å². The summed E-state index contributed by atoms with van der Waals surface area (Å²) in [5.74, 6) is 0.990. The van der Waals surface area contributed by atoms with Crippen LogP contribution in [-0.2, 0) is 5.75 Å². The maximum absolute atomic E-state index is 12.8. The fourth-order valence-electron chi connectivity index (χ4n) is 3.21. The Kier molecular flexibility index (Phi) is 7.60. The molecule has 168 valence electrons. The molecule has 1 amide bonds. The van der Waals surface area contributed by atoms with Gasteiger partial charge in [0.25, 0.3) is 5.91 Å². The molecule has 0 aliphatic heterocycles. The number of aromatic nitrogens is 3. The molecule has 1 unspecified atom stereocenters. The van der Waals surface area contributed by atoms with Gasteiger partial charge in [-0.15, -0.1) is 10.2 Å². The zero-order valence-corrected chi connectivity index (χ0v) is 20.6. The Hall–Kier alpha value is -2.51. The van der Waals surface area contributed by atoms with Crippen molar-refractivity contribution in [2.24, 2.45) is 0 Å². The molecule has 1 aromatic heterocycles. The van der Waals surface area contributed by atoms with Gasteiger partial charge in [0.2, 0.25) is 0 Å². The minimum absolute atomic E-state index is 0.246. The zero-order chi connectivity index (χ0) is 23.4. The lowest BCUT2D eigenvalue weighted by atomic mass is 10.2. The van der Waals surface area contributed by atoms with Crippen LogP contribution in [0.15, 0.2) is 78.0 Å². The number of carbonyl (C=O) groups excluding carboxylic acids is 1. The third kappa shape index (κ3) is 5.71. The van der Waals surface area contributed by atoms with E-state index in [1.54, 1.807) is 42.5 Å². The quantitative estimate of drug-likeness (QED) is 0.268. The number of hydrogen-bond donors (Lipinski definition) is 1. The van der Waals surface area contributed by atoms with Crippen molar-refractivity contribution in [3.8, 4) is 5.69 Å². The van der Waals surface area contributed by atoms with Gasteiger partial charge in [-0.2, -0.15) is 0 Å². The lowest BCUT2D eigenvalue weighted by molar-refractivity contribution is 0.0938. The van der Waals surface area contributed by atoms with Crippen LogP contribution in [0.25, 0.3) is 5.69 Å². The van der Waals surface area contributed by atoms with Gasteiger partial charge in [0.05, 0.1) is 16.8 Å². The summed E-state index contributed by atoms with van der Waals surface area (Å²) in [6.45, 7) is 1.85. The van der Waals surface area contributed by atoms with Gasteiger partial charge in [-0.1, -0.05) is 76.9 Å². The van der Waals surface area contributed by atoms with Gasteiger partial charge < -0.3 is 5.32 Å². The van der Waals surface area contributed by atoms with Crippen molar-refractivity contribution in [3.63, 3.8) is 0 Å². The lowest BCUT2D eigenvalue weighted by Gasteiger charge is -2.17. The number of halogens is 3. The third-order valence-electron chi connectivity index (χ3n) is 4.86. The minimum Gasteiger partial charge on any atom is -0.342 e. The Morgan fingerprint density at radius 2 is 1.67 bits per heavy atom. The van der Waals surface area contributed by atoms with Crippen molar-refractivity contribution in [2.45, 2.75) is 23.9 Å². The number of nitrogens with one attached hydrogen (secondary N) is 1. The fraction of sp³-hybridized carbons (Fsp3) is 0.125. The fourth-order valence-corrected chi connectivity index (χ4v) is 4.61. The van der Waals surface area contributed by atoms with Crippen LogP contribution in [-0.4, -0.2) is 20.7 Å². The smallest absolute Gasteiger partial charge is 0.251 e. The van der Waals surface area contributed by atoms with Crippen molar-refractivity contribution in [2.75, 3.05) is 0 Å². The summed E-state index contributed by atoms with van der Waals surface area (Å²) < 4.78 is 1.84. The van der Waals surface area contributed by atoms with Crippen molar-refractivity contribution in [3.05, 3.63) is 105 Å². The standard InChI is InChI=1S/C24H19Cl3N4OS/c1-15(28-23(32)17-7-9-18(25)10-8-17)22-29-30-24(33-14-16-5-3-2-4-6-16)31(22)21-13-19(26)11-12-20(21)27/h2-13,15H,14H2,1H3,(H,28,32). The highest BCUT2D eigenvalue weighted by atomic mass is 35.5. The van der Waals surface area contributed by atoms with Gasteiger partial charge in [-0.25, -0.2) is 0 Å². The summed E-state index contributed by atoms with van der Waals surface area (Å²) >= 11 is 20.3. The molecule has 0 fully saturated rings. The molecule has 0 bridgehead atoms. The van der Waals surface area contributed by atoms with Crippen molar-refractivity contribution < 1.29 is 4.79 Å². The van der Waals surface area contributed by atoms with Crippen LogP contribution in [0.4, 0.5) is 0 Å². The molecule has 0 spiro atoms. The Bertz CT molecular complexity index is 1260. The summed E-state index contributed by atoms with van der Waals surface area (Å²) in [4.78, 5) is 12.8. The molecule has 3 aromatic carbocycles. The van der Waals surface area contributed by atoms with Gasteiger partial charge >= 0.3 is 0 Å². The van der Waals surface area contributed by atoms with E-state index in [4.69, 9.17) is 34.8 Å². The third-order valence-corrected chi connectivity index (χ3v) is 6.67. The summed E-state index contributed by atoms with van der Waals surface area (Å²) in [5.41, 5.74) is 2.30. The molecule has 4 rings (SSSR count). The second-order valence-corrected chi connectivity index (χ2v) is 9.47. The highest BCUT2D eigenvalue weighted by Gasteiger charge is 2.23. The Balaban J connectivity index is 1.66. The van der Waals surface area contributed by atoms with E-state index in [9.17, 15) is 4.79 Å². The predicted molar refractivity (Wildman–Crippen MR) is 135 cm³/mol. The van der Waals surface area contributed by atoms with Crippen molar-refractivity contribution in [1.82, 2.24) is 20.1 Å². The molecule has 0 radical (unpaired) electrons. The number of rotatable bonds is 7. The minimum atomic E-state index is -0.457. The van der Waals surface area contributed by atoms with Crippen LogP contribution >= 0.6 is 46.6 Å². The summed E-state index contributed by atoms with van der Waals surface area (Å²) in [6, 6.07) is 21.5. The Morgan fingerprint density at radius 1 is 0.970 bits per heavy atom. The molecule has 4 aromatic rings. The largest absolute Gasteiger partial charge is 0.342 e. The molecule has 33 heavy (non-hydrogen) atoms. The summed E-state index contributed by atoms with van der Waals surface area (Å²) in [5, 5.41) is 14.0. The molecule has 9 heteroatoms. The predicted octanol–water partition coefficient (Wildman–Crippen LogP) is 7.01. The maximum atomic E-state index is 12.8. The first-order valence-electron chi connectivity index (χ1n) is 10.1. The van der Waals surface area contributed by atoms with Crippen LogP contribution < -0.4 is 5.32 Å². The number of carbonyl (C=O) groups is 1. The monoisotopic (exact) mass is 516 g/mol. The first-order valence-corrected chi connectivity index (χ1v) is 12.2. The molecule has 0 aliphatic carbocycles. The molecule has 0 saturated heterocycles. The number of hydrogen-bond acceptors (Lipinski definition) is 4. The molecule has 1 atom stereocenters. The van der Waals surface area contributed by atoms with Crippen molar-refractivity contribution in [1.29, 1.82) is 0 Å². The molecule has 0 saturated carbocycles. The summed E-state index contributed by atoms with van der Waals surface area (Å²) in [6.07, 6.45) is 0. The Morgan fingerprint density at radius 3 is 2.39 bits per heavy atom. The molecular weight excluding hydrogens is 499 g/mol. The average molecular weight is 518 g/mol. The van der Waals surface area contributed by atoms with E-state index in [1.807, 2.05) is 29.7 Å². The highest BCUT2D eigenvalue weighted by molar-refractivity contribution is 7.98. The van der Waals surface area contributed by atoms with Gasteiger partial charge in [0.15, 0.2) is 11.0 Å². The van der Waals surface area contributed by atoms with E-state index in [2.05, 4.69) is 27.6 Å². The van der Waals surface area contributed by atoms with E-state index in [0.717, 1.165) is 5.56 Å². The highest BCUT2D eigenvalue weighted by Crippen LogP contribution is 2.32. The molecule has 0 aliphatic rings. The molecular formula is C24H19Cl3N4OS.